The molecule has 4 unspecified atom stereocenters. The molecule has 0 saturated carbocycles. The first-order valence-corrected chi connectivity index (χ1v) is 20.1. The van der Waals surface area contributed by atoms with Gasteiger partial charge in [-0.1, -0.05) is 63.1 Å². The van der Waals surface area contributed by atoms with Crippen molar-refractivity contribution in [1.29, 1.82) is 0 Å². The summed E-state index contributed by atoms with van der Waals surface area (Å²) in [6, 6.07) is 10.8. The highest BCUT2D eigenvalue weighted by Crippen LogP contribution is 2.31. The number of nitrogens with zero attached hydrogens (tertiary/aromatic N) is 3. The van der Waals surface area contributed by atoms with Crippen LogP contribution in [-0.2, 0) is 17.7 Å². The Bertz CT molecular complexity index is 1700. The third kappa shape index (κ3) is 12.7. The molecular formula is C44H61F2N4O2PS. The van der Waals surface area contributed by atoms with Gasteiger partial charge in [0.15, 0.2) is 11.9 Å². The fourth-order valence-electron chi connectivity index (χ4n) is 6.49. The van der Waals surface area contributed by atoms with E-state index >= 15 is 0 Å². The van der Waals surface area contributed by atoms with Crippen LogP contribution in [0.3, 0.4) is 0 Å². The molecule has 2 N–H and O–H groups in total. The summed E-state index contributed by atoms with van der Waals surface area (Å²) in [7, 11) is 3.94. The van der Waals surface area contributed by atoms with Crippen molar-refractivity contribution >= 4 is 26.0 Å². The molecule has 4 rings (SSSR count). The molecule has 0 spiro atoms. The van der Waals surface area contributed by atoms with Crippen LogP contribution in [0.4, 0.5) is 8.78 Å². The molecule has 2 aromatic carbocycles. The number of halogens is 2. The summed E-state index contributed by atoms with van der Waals surface area (Å²) in [6.07, 6.45) is 2.81. The van der Waals surface area contributed by atoms with Gasteiger partial charge in [-0.05, 0) is 99.7 Å². The molecule has 2 aliphatic heterocycles. The van der Waals surface area contributed by atoms with Crippen LogP contribution in [0.5, 0.6) is 5.75 Å². The quantitative estimate of drug-likeness (QED) is 0.0789. The molecule has 0 radical (unpaired) electrons. The maximum atomic E-state index is 13.5. The molecule has 2 heterocycles. The third-order valence-corrected chi connectivity index (χ3v) is 11.0. The Labute approximate surface area is 330 Å². The molecule has 0 amide bonds. The molecule has 0 aliphatic carbocycles. The van der Waals surface area contributed by atoms with Crippen LogP contribution < -0.4 is 10.5 Å². The number of fused-ring (bicyclic) bond motifs is 1. The zero-order valence-electron chi connectivity index (χ0n) is 33.4. The van der Waals surface area contributed by atoms with Gasteiger partial charge in [0.05, 0.1) is 19.2 Å². The predicted molar refractivity (Wildman–Crippen MR) is 228 cm³/mol. The number of hydrogen-bond donors (Lipinski definition) is 1. The molecule has 10 heteroatoms. The summed E-state index contributed by atoms with van der Waals surface area (Å²) < 4.78 is 38.7. The molecule has 2 aliphatic rings. The number of benzene rings is 2. The van der Waals surface area contributed by atoms with E-state index in [0.717, 1.165) is 49.7 Å². The molecule has 0 bridgehead atoms. The number of ether oxygens (including phenoxy) is 2. The van der Waals surface area contributed by atoms with E-state index in [1.165, 1.54) is 35.7 Å². The molecule has 4 atom stereocenters. The van der Waals surface area contributed by atoms with Crippen molar-refractivity contribution in [2.75, 3.05) is 32.8 Å². The van der Waals surface area contributed by atoms with Gasteiger partial charge in [-0.3, -0.25) is 4.90 Å². The number of allylic oxidation sites excluding steroid dienone is 1. The molecule has 0 aromatic heterocycles. The summed E-state index contributed by atoms with van der Waals surface area (Å²) >= 11 is 1.81. The number of nitrogens with two attached hydrogens (primary N) is 1. The van der Waals surface area contributed by atoms with Crippen molar-refractivity contribution in [3.05, 3.63) is 131 Å². The van der Waals surface area contributed by atoms with Gasteiger partial charge in [0.25, 0.3) is 0 Å². The number of hydrogen-bond acceptors (Lipinski definition) is 6. The van der Waals surface area contributed by atoms with Crippen molar-refractivity contribution < 1.29 is 18.3 Å². The smallest absolute Gasteiger partial charge is 0.178 e. The number of aryl methyl sites for hydroxylation is 1. The fraction of sp³-hybridized carbons (Fsp3) is 0.455. The normalized spacial score (nSPS) is 17.6. The first-order chi connectivity index (χ1) is 25.6. The first kappa shape index (κ1) is 44.8. The monoisotopic (exact) mass is 778 g/mol. The molecule has 294 valence electrons. The van der Waals surface area contributed by atoms with E-state index in [1.807, 2.05) is 37.7 Å². The lowest BCUT2D eigenvalue weighted by Gasteiger charge is -2.51. The van der Waals surface area contributed by atoms with E-state index in [4.69, 9.17) is 15.2 Å². The van der Waals surface area contributed by atoms with Gasteiger partial charge in [0.2, 0.25) is 0 Å². The number of rotatable bonds is 16. The van der Waals surface area contributed by atoms with Crippen molar-refractivity contribution in [1.82, 2.24) is 14.7 Å². The van der Waals surface area contributed by atoms with E-state index in [0.29, 0.717) is 41.6 Å². The predicted octanol–water partition coefficient (Wildman–Crippen LogP) is 9.66. The SMILES string of the molecule is C=C(C)CC(N)Cc1cc(F)c(C)cc1F.C=C=C(OCC)C(Oc1ccc(CN2CC(=P)N3CCN(C(=C)C(C)S/C=C\C)CC3C2=C)cc1)C(C)C. The highest BCUT2D eigenvalue weighted by molar-refractivity contribution is 8.02. The fourth-order valence-corrected chi connectivity index (χ4v) is 7.65. The molecular weight excluding hydrogens is 718 g/mol. The van der Waals surface area contributed by atoms with Crippen LogP contribution in [-0.4, -0.2) is 76.3 Å². The zero-order valence-corrected chi connectivity index (χ0v) is 35.2. The Hall–Kier alpha value is -3.58. The summed E-state index contributed by atoms with van der Waals surface area (Å²) in [4.78, 5) is 7.26. The van der Waals surface area contributed by atoms with E-state index in [2.05, 4.69) is 107 Å². The standard InChI is InChI=1S/C31H44N3O2PS.C13H17F2N/c1-9-18-38-25(8)23(6)32-16-17-34-28(20-32)24(7)33(21-30(34)37)19-26-12-14-27(15-13-26)36-31(22(4)5)29(10-2)35-11-3;1-8(2)4-11(16)6-10-7-12(14)9(3)5-13(10)15/h9,12-15,18,22,25,28,31,37H,2,6-7,11,16-17,19-21H2,1,3-5,8H3;5,7,11H,1,4,6,16H2,2-3H3/b18-9-;. The number of piperazine rings is 2. The van der Waals surface area contributed by atoms with Gasteiger partial charge >= 0.3 is 0 Å². The van der Waals surface area contributed by atoms with Crippen LogP contribution >= 0.6 is 20.6 Å². The topological polar surface area (TPSA) is 54.2 Å². The second kappa shape index (κ2) is 21.5. The van der Waals surface area contributed by atoms with E-state index in [1.54, 1.807) is 0 Å². The van der Waals surface area contributed by atoms with Crippen LogP contribution in [0.15, 0.2) is 103 Å². The Morgan fingerprint density at radius 1 is 1.13 bits per heavy atom. The van der Waals surface area contributed by atoms with Gasteiger partial charge in [-0.25, -0.2) is 8.78 Å². The van der Waals surface area contributed by atoms with Gasteiger partial charge in [-0.15, -0.1) is 27.2 Å². The zero-order chi connectivity index (χ0) is 40.1. The number of thioether (sulfide) groups is 1. The van der Waals surface area contributed by atoms with Crippen LogP contribution in [0.25, 0.3) is 0 Å². The van der Waals surface area contributed by atoms with E-state index in [9.17, 15) is 8.78 Å². The minimum atomic E-state index is -0.393. The average molecular weight is 779 g/mol. The minimum absolute atomic E-state index is 0.214. The summed E-state index contributed by atoms with van der Waals surface area (Å²) in [6.45, 7) is 35.3. The Morgan fingerprint density at radius 3 is 2.41 bits per heavy atom. The molecule has 2 saturated heterocycles. The van der Waals surface area contributed by atoms with Crippen molar-refractivity contribution in [3.63, 3.8) is 0 Å². The molecule has 2 fully saturated rings. The maximum Gasteiger partial charge on any atom is 0.178 e. The second-order valence-corrected chi connectivity index (χ2v) is 16.2. The van der Waals surface area contributed by atoms with Gasteiger partial charge in [0, 0.05) is 54.3 Å². The third-order valence-electron chi connectivity index (χ3n) is 9.47. The summed E-state index contributed by atoms with van der Waals surface area (Å²) in [5, 5.41) is 2.49. The van der Waals surface area contributed by atoms with Crippen molar-refractivity contribution in [2.24, 2.45) is 11.7 Å². The average Bonchev–Trinajstić information content (AvgIpc) is 3.13. The molecule has 6 nitrogen and oxygen atoms in total. The highest BCUT2D eigenvalue weighted by Gasteiger charge is 2.38. The van der Waals surface area contributed by atoms with Gasteiger partial charge in [-0.2, -0.15) is 0 Å². The first-order valence-electron chi connectivity index (χ1n) is 18.7. The Balaban J connectivity index is 0.000000409. The van der Waals surface area contributed by atoms with Crippen LogP contribution in [0.2, 0.25) is 0 Å². The lowest BCUT2D eigenvalue weighted by atomic mass is 9.99. The van der Waals surface area contributed by atoms with Crippen LogP contribution in [0.1, 0.15) is 64.7 Å². The lowest BCUT2D eigenvalue weighted by Crippen LogP contribution is -2.62. The van der Waals surface area contributed by atoms with Gasteiger partial charge in [0.1, 0.15) is 17.4 Å². The van der Waals surface area contributed by atoms with E-state index in [-0.39, 0.29) is 29.9 Å². The lowest BCUT2D eigenvalue weighted by molar-refractivity contribution is 0.0956. The van der Waals surface area contributed by atoms with Crippen molar-refractivity contribution in [3.8, 4) is 5.75 Å². The highest BCUT2D eigenvalue weighted by atomic mass is 32.2. The molecule has 2 aromatic rings. The molecule has 54 heavy (non-hydrogen) atoms. The van der Waals surface area contributed by atoms with Crippen LogP contribution in [0, 0.1) is 24.5 Å². The van der Waals surface area contributed by atoms with Crippen molar-refractivity contribution in [2.45, 2.75) is 91.3 Å². The van der Waals surface area contributed by atoms with Gasteiger partial charge < -0.3 is 25.0 Å². The minimum Gasteiger partial charge on any atom is -0.486 e. The Morgan fingerprint density at radius 2 is 1.81 bits per heavy atom. The summed E-state index contributed by atoms with van der Waals surface area (Å²) in [5.74, 6) is 0.908. The Kier molecular flexibility index (Phi) is 17.8. The summed E-state index contributed by atoms with van der Waals surface area (Å²) in [5.41, 5.74) is 15.1. The largest absolute Gasteiger partial charge is 0.486 e. The maximum absolute atomic E-state index is 13.5. The van der Waals surface area contributed by atoms with E-state index < -0.39 is 5.82 Å². The second-order valence-electron chi connectivity index (χ2n) is 14.4.